The summed E-state index contributed by atoms with van der Waals surface area (Å²) in [7, 11) is 0. The highest BCUT2D eigenvalue weighted by atomic mass is 32.1. The average Bonchev–Trinajstić information content (AvgIpc) is 3.27. The van der Waals surface area contributed by atoms with Gasteiger partial charge in [0.05, 0.1) is 17.0 Å². The maximum Gasteiger partial charge on any atom is 0.271 e. The molecule has 2 amide bonds. The predicted octanol–water partition coefficient (Wildman–Crippen LogP) is 2.97. The van der Waals surface area contributed by atoms with Gasteiger partial charge in [-0.05, 0) is 30.4 Å². The van der Waals surface area contributed by atoms with E-state index in [0.29, 0.717) is 19.4 Å². The third-order valence-corrected chi connectivity index (χ3v) is 5.08. The Hall–Kier alpha value is -2.81. The van der Waals surface area contributed by atoms with E-state index in [1.807, 2.05) is 17.5 Å². The van der Waals surface area contributed by atoms with Gasteiger partial charge < -0.3 is 10.2 Å². The molecule has 1 unspecified atom stereocenters. The minimum Gasteiger partial charge on any atom is -0.330 e. The van der Waals surface area contributed by atoms with E-state index in [9.17, 15) is 24.1 Å². The van der Waals surface area contributed by atoms with Crippen molar-refractivity contribution >= 4 is 34.5 Å². The molecule has 2 heterocycles. The molecule has 1 fully saturated rings. The molecular formula is C17H16FN3O4S. The van der Waals surface area contributed by atoms with Crippen molar-refractivity contribution in [3.8, 4) is 0 Å². The van der Waals surface area contributed by atoms with Crippen LogP contribution in [-0.4, -0.2) is 34.2 Å². The number of hydrogen-bond acceptors (Lipinski definition) is 5. The van der Waals surface area contributed by atoms with Crippen molar-refractivity contribution in [3.63, 3.8) is 0 Å². The summed E-state index contributed by atoms with van der Waals surface area (Å²) in [6.07, 6.45) is 1.36. The summed E-state index contributed by atoms with van der Waals surface area (Å²) in [5.41, 5.74) is -0.583. The Morgan fingerprint density at radius 3 is 2.88 bits per heavy atom. The van der Waals surface area contributed by atoms with Crippen LogP contribution in [0.25, 0.3) is 0 Å². The van der Waals surface area contributed by atoms with Crippen molar-refractivity contribution in [2.45, 2.75) is 25.3 Å². The molecule has 9 heteroatoms. The van der Waals surface area contributed by atoms with Gasteiger partial charge in [-0.2, -0.15) is 0 Å². The minimum atomic E-state index is -0.765. The van der Waals surface area contributed by atoms with Gasteiger partial charge in [0.1, 0.15) is 11.9 Å². The molecular weight excluding hydrogens is 361 g/mol. The number of anilines is 1. The first kappa shape index (κ1) is 18.0. The third kappa shape index (κ3) is 3.88. The summed E-state index contributed by atoms with van der Waals surface area (Å²) in [4.78, 5) is 37.6. The molecule has 1 aromatic heterocycles. The number of amides is 2. The molecule has 0 bridgehead atoms. The highest BCUT2D eigenvalue weighted by molar-refractivity contribution is 7.10. The first-order chi connectivity index (χ1) is 12.5. The summed E-state index contributed by atoms with van der Waals surface area (Å²) in [6, 6.07) is 5.93. The minimum absolute atomic E-state index is 0.162. The zero-order valence-corrected chi connectivity index (χ0v) is 14.5. The smallest absolute Gasteiger partial charge is 0.271 e. The van der Waals surface area contributed by atoms with E-state index in [-0.39, 0.29) is 23.7 Å². The van der Waals surface area contributed by atoms with Crippen LogP contribution in [0, 0.1) is 15.9 Å². The van der Waals surface area contributed by atoms with Gasteiger partial charge in [-0.1, -0.05) is 6.07 Å². The van der Waals surface area contributed by atoms with Crippen molar-refractivity contribution in [1.82, 2.24) is 4.90 Å². The van der Waals surface area contributed by atoms with Gasteiger partial charge in [-0.15, -0.1) is 11.3 Å². The number of halogens is 1. The number of nitrogens with one attached hydrogen (secondary N) is 1. The number of carbonyl (C=O) groups excluding carboxylic acids is 2. The molecule has 26 heavy (non-hydrogen) atoms. The molecule has 1 aliphatic rings. The maximum atomic E-state index is 13.9. The molecule has 1 saturated heterocycles. The van der Waals surface area contributed by atoms with E-state index in [0.717, 1.165) is 23.1 Å². The number of carbonyl (C=O) groups is 2. The van der Waals surface area contributed by atoms with E-state index in [1.165, 1.54) is 16.2 Å². The zero-order chi connectivity index (χ0) is 18.7. The lowest BCUT2D eigenvalue weighted by molar-refractivity contribution is -0.384. The average molecular weight is 377 g/mol. The van der Waals surface area contributed by atoms with Crippen LogP contribution in [0.15, 0.2) is 35.7 Å². The van der Waals surface area contributed by atoms with Gasteiger partial charge in [-0.25, -0.2) is 4.39 Å². The molecule has 1 N–H and O–H groups in total. The number of hydrogen-bond donors (Lipinski definition) is 1. The largest absolute Gasteiger partial charge is 0.330 e. The highest BCUT2D eigenvalue weighted by Crippen LogP contribution is 2.24. The number of likely N-dealkylation sites (tertiary alicyclic amines) is 1. The zero-order valence-electron chi connectivity index (χ0n) is 13.7. The molecule has 1 aliphatic heterocycles. The van der Waals surface area contributed by atoms with Crippen LogP contribution in [0.4, 0.5) is 15.8 Å². The van der Waals surface area contributed by atoms with Crippen molar-refractivity contribution in [1.29, 1.82) is 0 Å². The molecule has 1 aromatic carbocycles. The predicted molar refractivity (Wildman–Crippen MR) is 94.4 cm³/mol. The highest BCUT2D eigenvalue weighted by Gasteiger charge is 2.34. The van der Waals surface area contributed by atoms with Crippen molar-refractivity contribution < 1.29 is 18.9 Å². The fourth-order valence-corrected chi connectivity index (χ4v) is 3.64. The monoisotopic (exact) mass is 377 g/mol. The van der Waals surface area contributed by atoms with Gasteiger partial charge >= 0.3 is 0 Å². The van der Waals surface area contributed by atoms with Gasteiger partial charge in [0.25, 0.3) is 5.69 Å². The summed E-state index contributed by atoms with van der Waals surface area (Å²) < 4.78 is 13.9. The molecule has 0 spiro atoms. The summed E-state index contributed by atoms with van der Waals surface area (Å²) in [5, 5.41) is 15.1. The van der Waals surface area contributed by atoms with Crippen molar-refractivity contribution in [2.75, 3.05) is 11.9 Å². The van der Waals surface area contributed by atoms with E-state index in [1.54, 1.807) is 0 Å². The quantitative estimate of drug-likeness (QED) is 0.640. The molecule has 0 aliphatic carbocycles. The van der Waals surface area contributed by atoms with Crippen LogP contribution in [0.1, 0.15) is 17.7 Å². The van der Waals surface area contributed by atoms with E-state index in [4.69, 9.17) is 0 Å². The lowest BCUT2D eigenvalue weighted by atomic mass is 10.2. The Bertz CT molecular complexity index is 841. The van der Waals surface area contributed by atoms with Crippen LogP contribution in [-0.2, 0) is 16.0 Å². The standard InChI is InChI=1S/C17H16FN3O4S/c18-13-6-5-11(21(24)25)9-14(13)19-17(23)15-4-1-7-20(15)16(22)10-12-3-2-8-26-12/h2-3,5-6,8-9,15H,1,4,7,10H2,(H,19,23). The Morgan fingerprint density at radius 1 is 1.38 bits per heavy atom. The number of nitro benzene ring substituents is 1. The second-order valence-corrected chi connectivity index (χ2v) is 6.94. The number of nitrogens with zero attached hydrogens (tertiary/aromatic N) is 2. The molecule has 3 rings (SSSR count). The van der Waals surface area contributed by atoms with Gasteiger partial charge in [-0.3, -0.25) is 19.7 Å². The summed E-state index contributed by atoms with van der Waals surface area (Å²) in [5.74, 6) is -1.47. The molecule has 0 saturated carbocycles. The summed E-state index contributed by atoms with van der Waals surface area (Å²) >= 11 is 1.47. The molecule has 7 nitrogen and oxygen atoms in total. The Balaban J connectivity index is 1.71. The lowest BCUT2D eigenvalue weighted by Gasteiger charge is -2.24. The molecule has 136 valence electrons. The van der Waals surface area contributed by atoms with Crippen LogP contribution in [0.3, 0.4) is 0 Å². The van der Waals surface area contributed by atoms with Gasteiger partial charge in [0.15, 0.2) is 0 Å². The van der Waals surface area contributed by atoms with Gasteiger partial charge in [0.2, 0.25) is 11.8 Å². The fourth-order valence-electron chi connectivity index (χ4n) is 2.94. The molecule has 2 aromatic rings. The number of thiophene rings is 1. The Labute approximate surface area is 152 Å². The third-order valence-electron chi connectivity index (χ3n) is 4.20. The first-order valence-corrected chi connectivity index (χ1v) is 8.90. The number of benzene rings is 1. The summed E-state index contributed by atoms with van der Waals surface area (Å²) in [6.45, 7) is 0.458. The molecule has 1 atom stereocenters. The molecule has 0 radical (unpaired) electrons. The SMILES string of the molecule is O=C(Nc1cc([N+](=O)[O-])ccc1F)C1CCCN1C(=O)Cc1cccs1. The number of rotatable bonds is 5. The topological polar surface area (TPSA) is 92.5 Å². The number of nitro groups is 1. The Morgan fingerprint density at radius 2 is 2.19 bits per heavy atom. The van der Waals surface area contributed by atoms with E-state index >= 15 is 0 Å². The lowest BCUT2D eigenvalue weighted by Crippen LogP contribution is -2.43. The van der Waals surface area contributed by atoms with E-state index < -0.39 is 22.7 Å². The second kappa shape index (κ2) is 7.61. The van der Waals surface area contributed by atoms with Gasteiger partial charge in [0, 0.05) is 23.6 Å². The van der Waals surface area contributed by atoms with Crippen molar-refractivity contribution in [3.05, 3.63) is 56.5 Å². The van der Waals surface area contributed by atoms with E-state index in [2.05, 4.69) is 5.32 Å². The fraction of sp³-hybridized carbons (Fsp3) is 0.294. The van der Waals surface area contributed by atoms with Crippen LogP contribution in [0.2, 0.25) is 0 Å². The van der Waals surface area contributed by atoms with Crippen molar-refractivity contribution in [2.24, 2.45) is 0 Å². The van der Waals surface area contributed by atoms with Crippen LogP contribution >= 0.6 is 11.3 Å². The maximum absolute atomic E-state index is 13.9. The van der Waals surface area contributed by atoms with Crippen LogP contribution < -0.4 is 5.32 Å². The Kier molecular flexibility index (Phi) is 5.27. The first-order valence-electron chi connectivity index (χ1n) is 8.02. The second-order valence-electron chi connectivity index (χ2n) is 5.91. The van der Waals surface area contributed by atoms with Crippen LogP contribution in [0.5, 0.6) is 0 Å². The normalized spacial score (nSPS) is 16.5. The number of non-ortho nitro benzene ring substituents is 1.